The van der Waals surface area contributed by atoms with Crippen molar-refractivity contribution in [3.8, 4) is 0 Å². The van der Waals surface area contributed by atoms with Crippen molar-refractivity contribution < 1.29 is 9.18 Å². The second-order valence-electron chi connectivity index (χ2n) is 4.77. The highest BCUT2D eigenvalue weighted by Gasteiger charge is 2.05. The fourth-order valence-electron chi connectivity index (χ4n) is 2.03. The second-order valence-corrected chi connectivity index (χ2v) is 5.63. The van der Waals surface area contributed by atoms with E-state index in [9.17, 15) is 9.18 Å². The maximum atomic E-state index is 13.0. The van der Waals surface area contributed by atoms with Crippen molar-refractivity contribution >= 4 is 17.7 Å². The highest BCUT2D eigenvalue weighted by atomic mass is 32.2. The Morgan fingerprint density at radius 3 is 2.57 bits per heavy atom. The summed E-state index contributed by atoms with van der Waals surface area (Å²) in [7, 11) is 0. The van der Waals surface area contributed by atoms with Crippen LogP contribution in [-0.4, -0.2) is 18.7 Å². The van der Waals surface area contributed by atoms with Gasteiger partial charge in [-0.05, 0) is 48.1 Å². The van der Waals surface area contributed by atoms with Gasteiger partial charge in [0, 0.05) is 17.9 Å². The zero-order chi connectivity index (χ0) is 15.1. The fourth-order valence-corrected chi connectivity index (χ4v) is 2.56. The van der Waals surface area contributed by atoms with Crippen LogP contribution in [0.25, 0.3) is 0 Å². The molecule has 0 heterocycles. The molecule has 1 amide bonds. The maximum Gasteiger partial charge on any atom is 0.251 e. The number of rotatable bonds is 6. The highest BCUT2D eigenvalue weighted by molar-refractivity contribution is 7.97. The van der Waals surface area contributed by atoms with Gasteiger partial charge in [-0.2, -0.15) is 11.8 Å². The monoisotopic (exact) mass is 303 g/mol. The zero-order valence-corrected chi connectivity index (χ0v) is 12.8. The average Bonchev–Trinajstić information content (AvgIpc) is 2.48. The van der Waals surface area contributed by atoms with E-state index in [0.29, 0.717) is 18.5 Å². The Hall–Kier alpha value is -1.81. The first kappa shape index (κ1) is 15.6. The summed E-state index contributed by atoms with van der Waals surface area (Å²) in [6, 6.07) is 14.0. The van der Waals surface area contributed by atoms with E-state index >= 15 is 0 Å². The van der Waals surface area contributed by atoms with Crippen LogP contribution in [0.3, 0.4) is 0 Å². The summed E-state index contributed by atoms with van der Waals surface area (Å²) in [5.41, 5.74) is 2.74. The summed E-state index contributed by atoms with van der Waals surface area (Å²) in [5.74, 6) is 0.604. The number of thioether (sulfide) groups is 1. The van der Waals surface area contributed by atoms with Crippen LogP contribution in [-0.2, 0) is 12.2 Å². The Labute approximate surface area is 128 Å². The summed E-state index contributed by atoms with van der Waals surface area (Å²) >= 11 is 1.75. The Kier molecular flexibility index (Phi) is 5.81. The minimum atomic E-state index is -0.247. The summed E-state index contributed by atoms with van der Waals surface area (Å²) < 4.78 is 13.0. The van der Waals surface area contributed by atoms with Crippen LogP contribution in [0.2, 0.25) is 0 Å². The molecule has 0 saturated heterocycles. The van der Waals surface area contributed by atoms with Gasteiger partial charge in [0.25, 0.3) is 5.91 Å². The molecule has 0 unspecified atom stereocenters. The summed E-state index contributed by atoms with van der Waals surface area (Å²) in [4.78, 5) is 12.0. The van der Waals surface area contributed by atoms with Gasteiger partial charge in [-0.15, -0.1) is 0 Å². The number of hydrogen-bond donors (Lipinski definition) is 1. The Balaban J connectivity index is 1.84. The number of carbonyl (C=O) groups excluding carboxylic acids is 1. The number of carbonyl (C=O) groups is 1. The molecule has 0 aliphatic heterocycles. The number of halogens is 1. The molecule has 4 heteroatoms. The maximum absolute atomic E-state index is 13.0. The van der Waals surface area contributed by atoms with Crippen LogP contribution >= 0.6 is 11.8 Å². The van der Waals surface area contributed by atoms with Gasteiger partial charge in [0.05, 0.1) is 0 Å². The van der Waals surface area contributed by atoms with E-state index in [2.05, 4.69) is 5.32 Å². The molecule has 0 bridgehead atoms. The molecule has 2 aromatic rings. The molecule has 2 aromatic carbocycles. The third kappa shape index (κ3) is 4.90. The minimum absolute atomic E-state index is 0.0953. The van der Waals surface area contributed by atoms with Crippen LogP contribution in [0.4, 0.5) is 4.39 Å². The molecule has 0 radical (unpaired) electrons. The predicted molar refractivity (Wildman–Crippen MR) is 86.1 cm³/mol. The van der Waals surface area contributed by atoms with Gasteiger partial charge in [0.1, 0.15) is 5.82 Å². The smallest absolute Gasteiger partial charge is 0.251 e. The number of hydrogen-bond acceptors (Lipinski definition) is 2. The van der Waals surface area contributed by atoms with E-state index in [1.54, 1.807) is 17.8 Å². The van der Waals surface area contributed by atoms with Gasteiger partial charge in [0.15, 0.2) is 0 Å². The third-order valence-corrected chi connectivity index (χ3v) is 3.74. The molecule has 0 aromatic heterocycles. The topological polar surface area (TPSA) is 29.1 Å². The van der Waals surface area contributed by atoms with E-state index in [0.717, 1.165) is 11.3 Å². The SMILES string of the molecule is CSCc1ccc(C(=O)NCCc2cccc(F)c2)cc1. The Morgan fingerprint density at radius 2 is 1.90 bits per heavy atom. The first-order chi connectivity index (χ1) is 10.2. The van der Waals surface area contributed by atoms with Gasteiger partial charge < -0.3 is 5.32 Å². The Morgan fingerprint density at radius 1 is 1.14 bits per heavy atom. The molecule has 2 rings (SSSR count). The summed E-state index contributed by atoms with van der Waals surface area (Å²) in [5, 5.41) is 2.85. The Bertz CT molecular complexity index is 598. The lowest BCUT2D eigenvalue weighted by Gasteiger charge is -2.06. The van der Waals surface area contributed by atoms with E-state index < -0.39 is 0 Å². The highest BCUT2D eigenvalue weighted by Crippen LogP contribution is 2.10. The van der Waals surface area contributed by atoms with Gasteiger partial charge in [-0.1, -0.05) is 24.3 Å². The minimum Gasteiger partial charge on any atom is -0.352 e. The van der Waals surface area contributed by atoms with Crippen LogP contribution in [0, 0.1) is 5.82 Å². The third-order valence-electron chi connectivity index (χ3n) is 3.12. The van der Waals surface area contributed by atoms with E-state index in [-0.39, 0.29) is 11.7 Å². The number of amides is 1. The molecular formula is C17H18FNOS. The van der Waals surface area contributed by atoms with Crippen molar-refractivity contribution in [2.75, 3.05) is 12.8 Å². The first-order valence-corrected chi connectivity index (χ1v) is 8.19. The van der Waals surface area contributed by atoms with Crippen molar-refractivity contribution in [1.29, 1.82) is 0 Å². The van der Waals surface area contributed by atoms with Crippen molar-refractivity contribution in [1.82, 2.24) is 5.32 Å². The molecule has 110 valence electrons. The van der Waals surface area contributed by atoms with Gasteiger partial charge in [0.2, 0.25) is 0 Å². The van der Waals surface area contributed by atoms with Crippen LogP contribution in [0.15, 0.2) is 48.5 Å². The molecule has 2 nitrogen and oxygen atoms in total. The van der Waals surface area contributed by atoms with Gasteiger partial charge in [-0.3, -0.25) is 4.79 Å². The molecule has 0 aliphatic carbocycles. The van der Waals surface area contributed by atoms with E-state index in [4.69, 9.17) is 0 Å². The van der Waals surface area contributed by atoms with Crippen LogP contribution in [0.5, 0.6) is 0 Å². The van der Waals surface area contributed by atoms with Crippen molar-refractivity contribution in [3.05, 3.63) is 71.0 Å². The second kappa shape index (κ2) is 7.84. The molecule has 0 saturated carbocycles. The van der Waals surface area contributed by atoms with E-state index in [1.165, 1.54) is 17.7 Å². The molecule has 21 heavy (non-hydrogen) atoms. The molecule has 0 atom stereocenters. The van der Waals surface area contributed by atoms with Crippen molar-refractivity contribution in [2.45, 2.75) is 12.2 Å². The fraction of sp³-hybridized carbons (Fsp3) is 0.235. The quantitative estimate of drug-likeness (QED) is 0.882. The standard InChI is InChI=1S/C17H18FNOS/c1-21-12-14-5-7-15(8-6-14)17(20)19-10-9-13-3-2-4-16(18)11-13/h2-8,11H,9-10,12H2,1H3,(H,19,20). The van der Waals surface area contributed by atoms with Crippen molar-refractivity contribution in [3.63, 3.8) is 0 Å². The lowest BCUT2D eigenvalue weighted by Crippen LogP contribution is -2.25. The van der Waals surface area contributed by atoms with Crippen LogP contribution < -0.4 is 5.32 Å². The average molecular weight is 303 g/mol. The molecule has 1 N–H and O–H groups in total. The zero-order valence-electron chi connectivity index (χ0n) is 11.9. The van der Waals surface area contributed by atoms with Crippen molar-refractivity contribution in [2.24, 2.45) is 0 Å². The molecular weight excluding hydrogens is 285 g/mol. The summed E-state index contributed by atoms with van der Waals surface area (Å²) in [6.45, 7) is 0.495. The van der Waals surface area contributed by atoms with Gasteiger partial charge >= 0.3 is 0 Å². The number of nitrogens with one attached hydrogen (secondary N) is 1. The summed E-state index contributed by atoms with van der Waals surface area (Å²) in [6.07, 6.45) is 2.67. The van der Waals surface area contributed by atoms with Gasteiger partial charge in [-0.25, -0.2) is 4.39 Å². The van der Waals surface area contributed by atoms with Crippen LogP contribution in [0.1, 0.15) is 21.5 Å². The lowest BCUT2D eigenvalue weighted by molar-refractivity contribution is 0.0954. The molecule has 0 fully saturated rings. The molecule has 0 spiro atoms. The lowest BCUT2D eigenvalue weighted by atomic mass is 10.1. The van der Waals surface area contributed by atoms with E-state index in [1.807, 2.05) is 36.6 Å². The largest absolute Gasteiger partial charge is 0.352 e. The molecule has 0 aliphatic rings. The first-order valence-electron chi connectivity index (χ1n) is 6.79. The number of benzene rings is 2. The predicted octanol–water partition coefficient (Wildman–Crippen LogP) is 3.66. The normalized spacial score (nSPS) is 10.4.